The monoisotopic (exact) mass is 268 g/mol. The third-order valence-electron chi connectivity index (χ3n) is 4.66. The zero-order valence-electron chi connectivity index (χ0n) is 12.7. The Labute approximate surface area is 121 Å². The van der Waals surface area contributed by atoms with Gasteiger partial charge in [0.2, 0.25) is 0 Å². The number of aryl methyl sites for hydroxylation is 1. The van der Waals surface area contributed by atoms with Crippen molar-refractivity contribution in [2.45, 2.75) is 46.1 Å². The fraction of sp³-hybridized carbons (Fsp3) is 0.500. The molecule has 0 aliphatic heterocycles. The number of nitrogens with one attached hydrogen (secondary N) is 1. The molecule has 1 fully saturated rings. The quantitative estimate of drug-likeness (QED) is 0.847. The summed E-state index contributed by atoms with van der Waals surface area (Å²) in [6.07, 6.45) is 3.96. The molecule has 1 aromatic carbocycles. The van der Waals surface area contributed by atoms with Gasteiger partial charge in [-0.15, -0.1) is 0 Å². The predicted molar refractivity (Wildman–Crippen MR) is 86.1 cm³/mol. The number of pyridine rings is 1. The van der Waals surface area contributed by atoms with Crippen LogP contribution in [0.2, 0.25) is 0 Å². The van der Waals surface area contributed by atoms with E-state index in [2.05, 4.69) is 56.4 Å². The molecular formula is C18H24N2. The molecule has 0 radical (unpaired) electrons. The van der Waals surface area contributed by atoms with Crippen LogP contribution in [-0.2, 0) is 0 Å². The van der Waals surface area contributed by atoms with Crippen molar-refractivity contribution in [2.75, 3.05) is 5.32 Å². The summed E-state index contributed by atoms with van der Waals surface area (Å²) in [5.74, 6) is 1.57. The third kappa shape index (κ3) is 2.65. The normalized spacial score (nSPS) is 26.6. The van der Waals surface area contributed by atoms with Crippen LogP contribution in [0, 0.1) is 18.8 Å². The first-order valence-corrected chi connectivity index (χ1v) is 7.76. The van der Waals surface area contributed by atoms with Crippen LogP contribution >= 0.6 is 0 Å². The Morgan fingerprint density at radius 2 is 1.95 bits per heavy atom. The van der Waals surface area contributed by atoms with Crippen molar-refractivity contribution < 1.29 is 0 Å². The molecule has 1 saturated carbocycles. The van der Waals surface area contributed by atoms with Gasteiger partial charge in [-0.1, -0.05) is 38.5 Å². The van der Waals surface area contributed by atoms with E-state index in [0.717, 1.165) is 23.0 Å². The lowest BCUT2D eigenvalue weighted by atomic mass is 9.80. The van der Waals surface area contributed by atoms with Crippen LogP contribution in [0.5, 0.6) is 0 Å². The number of rotatable bonds is 2. The lowest BCUT2D eigenvalue weighted by Gasteiger charge is -2.34. The minimum Gasteiger partial charge on any atom is -0.380 e. The molecule has 2 aromatic rings. The zero-order chi connectivity index (χ0) is 14.1. The number of hydrogen-bond donors (Lipinski definition) is 1. The summed E-state index contributed by atoms with van der Waals surface area (Å²) in [5, 5.41) is 4.99. The molecule has 0 amide bonds. The maximum absolute atomic E-state index is 4.72. The first-order chi connectivity index (χ1) is 9.63. The van der Waals surface area contributed by atoms with Gasteiger partial charge in [0.25, 0.3) is 0 Å². The maximum atomic E-state index is 4.72. The van der Waals surface area contributed by atoms with E-state index < -0.39 is 0 Å². The van der Waals surface area contributed by atoms with Crippen LogP contribution in [0.1, 0.15) is 38.8 Å². The van der Waals surface area contributed by atoms with Gasteiger partial charge in [0.1, 0.15) is 0 Å². The molecule has 0 saturated heterocycles. The van der Waals surface area contributed by atoms with Crippen molar-refractivity contribution >= 4 is 16.6 Å². The summed E-state index contributed by atoms with van der Waals surface area (Å²) in [5.41, 5.74) is 3.38. The molecule has 1 aliphatic rings. The highest BCUT2D eigenvalue weighted by Gasteiger charge is 2.25. The van der Waals surface area contributed by atoms with Crippen LogP contribution in [0.4, 0.5) is 5.69 Å². The van der Waals surface area contributed by atoms with Gasteiger partial charge in [-0.3, -0.25) is 4.98 Å². The molecule has 2 heteroatoms. The summed E-state index contributed by atoms with van der Waals surface area (Å²) < 4.78 is 0. The molecule has 20 heavy (non-hydrogen) atoms. The van der Waals surface area contributed by atoms with E-state index in [9.17, 15) is 0 Å². The molecule has 3 rings (SSSR count). The van der Waals surface area contributed by atoms with Crippen molar-refractivity contribution in [1.29, 1.82) is 0 Å². The van der Waals surface area contributed by atoms with E-state index in [1.54, 1.807) is 0 Å². The molecule has 1 heterocycles. The van der Waals surface area contributed by atoms with E-state index in [-0.39, 0.29) is 0 Å². The summed E-state index contributed by atoms with van der Waals surface area (Å²) >= 11 is 0. The lowest BCUT2D eigenvalue weighted by Crippen LogP contribution is -2.33. The third-order valence-corrected chi connectivity index (χ3v) is 4.66. The predicted octanol–water partition coefficient (Wildman–Crippen LogP) is 4.78. The van der Waals surface area contributed by atoms with Crippen LogP contribution in [0.3, 0.4) is 0 Å². The topological polar surface area (TPSA) is 24.9 Å². The summed E-state index contributed by atoms with van der Waals surface area (Å²) in [6.45, 7) is 6.79. The van der Waals surface area contributed by atoms with Gasteiger partial charge in [-0.05, 0) is 43.7 Å². The molecule has 106 valence electrons. The Kier molecular flexibility index (Phi) is 3.64. The Balaban J connectivity index is 1.92. The highest BCUT2D eigenvalue weighted by atomic mass is 14.9. The van der Waals surface area contributed by atoms with Gasteiger partial charge in [0, 0.05) is 17.1 Å². The van der Waals surface area contributed by atoms with Crippen LogP contribution in [0.25, 0.3) is 10.9 Å². The first kappa shape index (κ1) is 13.4. The summed E-state index contributed by atoms with van der Waals surface area (Å²) in [4.78, 5) is 4.72. The average molecular weight is 268 g/mol. The second-order valence-corrected chi connectivity index (χ2v) is 6.48. The van der Waals surface area contributed by atoms with E-state index in [1.165, 1.54) is 30.3 Å². The minimum absolute atomic E-state index is 0.576. The molecule has 0 spiro atoms. The molecule has 2 nitrogen and oxygen atoms in total. The zero-order valence-corrected chi connectivity index (χ0v) is 12.7. The largest absolute Gasteiger partial charge is 0.380 e. The Hall–Kier alpha value is -1.57. The highest BCUT2D eigenvalue weighted by molar-refractivity contribution is 5.90. The van der Waals surface area contributed by atoms with Crippen LogP contribution in [-0.4, -0.2) is 11.0 Å². The van der Waals surface area contributed by atoms with Crippen molar-refractivity contribution in [3.8, 4) is 0 Å². The van der Waals surface area contributed by atoms with Crippen molar-refractivity contribution in [3.05, 3.63) is 36.0 Å². The molecular weight excluding hydrogens is 244 g/mol. The molecule has 1 N–H and O–H groups in total. The average Bonchev–Trinajstić information content (AvgIpc) is 2.43. The molecule has 1 aromatic heterocycles. The number of fused-ring (bicyclic) bond motifs is 1. The standard InChI is InChI=1S/C18H24N2/c1-12-7-8-13(2)17(11-12)20-16-6-4-5-15-10-9-14(3)19-18(15)16/h4-6,9-10,12-13,17,20H,7-8,11H2,1-3H3. The number of benzene rings is 1. The molecule has 3 unspecified atom stereocenters. The first-order valence-electron chi connectivity index (χ1n) is 7.76. The maximum Gasteiger partial charge on any atom is 0.0936 e. The fourth-order valence-electron chi connectivity index (χ4n) is 3.29. The van der Waals surface area contributed by atoms with Gasteiger partial charge < -0.3 is 5.32 Å². The Morgan fingerprint density at radius 3 is 2.80 bits per heavy atom. The highest BCUT2D eigenvalue weighted by Crippen LogP contribution is 2.32. The lowest BCUT2D eigenvalue weighted by molar-refractivity contribution is 0.281. The van der Waals surface area contributed by atoms with Gasteiger partial charge in [0.15, 0.2) is 0 Å². The second-order valence-electron chi connectivity index (χ2n) is 6.48. The molecule has 3 atom stereocenters. The van der Waals surface area contributed by atoms with E-state index in [0.29, 0.717) is 6.04 Å². The Bertz CT molecular complexity index is 605. The minimum atomic E-state index is 0.576. The number of nitrogens with zero attached hydrogens (tertiary/aromatic N) is 1. The van der Waals surface area contributed by atoms with Crippen LogP contribution in [0.15, 0.2) is 30.3 Å². The van der Waals surface area contributed by atoms with Crippen molar-refractivity contribution in [1.82, 2.24) is 4.98 Å². The van der Waals surface area contributed by atoms with E-state index >= 15 is 0 Å². The smallest absolute Gasteiger partial charge is 0.0936 e. The van der Waals surface area contributed by atoms with Gasteiger partial charge in [-0.2, -0.15) is 0 Å². The van der Waals surface area contributed by atoms with E-state index in [1.807, 2.05) is 0 Å². The summed E-state index contributed by atoms with van der Waals surface area (Å²) in [6, 6.07) is 11.2. The van der Waals surface area contributed by atoms with Gasteiger partial charge in [0.05, 0.1) is 11.2 Å². The number of hydrogen-bond acceptors (Lipinski definition) is 2. The van der Waals surface area contributed by atoms with Gasteiger partial charge in [-0.25, -0.2) is 0 Å². The van der Waals surface area contributed by atoms with E-state index in [4.69, 9.17) is 4.98 Å². The van der Waals surface area contributed by atoms with Gasteiger partial charge >= 0.3 is 0 Å². The number of aromatic nitrogens is 1. The van der Waals surface area contributed by atoms with Crippen molar-refractivity contribution in [2.24, 2.45) is 11.8 Å². The number of para-hydroxylation sites is 1. The Morgan fingerprint density at radius 1 is 1.10 bits per heavy atom. The molecule has 0 bridgehead atoms. The fourth-order valence-corrected chi connectivity index (χ4v) is 3.29. The number of anilines is 1. The SMILES string of the molecule is Cc1ccc2cccc(NC3CC(C)CCC3C)c2n1. The van der Waals surface area contributed by atoms with Crippen LogP contribution < -0.4 is 5.32 Å². The summed E-state index contributed by atoms with van der Waals surface area (Å²) in [7, 11) is 0. The van der Waals surface area contributed by atoms with Crippen molar-refractivity contribution in [3.63, 3.8) is 0 Å². The molecule has 1 aliphatic carbocycles. The second kappa shape index (κ2) is 5.43.